The molecule has 4 nitrogen and oxygen atoms in total. The summed E-state index contributed by atoms with van der Waals surface area (Å²) < 4.78 is 16.6. The Morgan fingerprint density at radius 1 is 1.38 bits per heavy atom. The molecule has 0 atom stereocenters. The third kappa shape index (κ3) is 2.04. The fourth-order valence-electron chi connectivity index (χ4n) is 1.15. The first-order valence-corrected chi connectivity index (χ1v) is 4.63. The summed E-state index contributed by atoms with van der Waals surface area (Å²) in [7, 11) is 0. The molecule has 0 saturated heterocycles. The van der Waals surface area contributed by atoms with Gasteiger partial charge in [-0.2, -0.15) is 0 Å². The third-order valence-electron chi connectivity index (χ3n) is 1.88. The number of hydrogen-bond donors (Lipinski definition) is 0. The van der Waals surface area contributed by atoms with E-state index >= 15 is 0 Å². The zero-order valence-corrected chi connectivity index (χ0v) is 8.57. The first-order chi connectivity index (χ1) is 7.70. The SMILES string of the molecule is O=C(OF)c1ncc(-c2ccc(Cl)cc2)o1. The Hall–Kier alpha value is -1.88. The summed E-state index contributed by atoms with van der Waals surface area (Å²) in [6.07, 6.45) is 1.30. The largest absolute Gasteiger partial charge is 0.434 e. The van der Waals surface area contributed by atoms with Crippen LogP contribution in [0.4, 0.5) is 4.53 Å². The lowest BCUT2D eigenvalue weighted by molar-refractivity contribution is -0.0817. The Morgan fingerprint density at radius 3 is 2.69 bits per heavy atom. The predicted molar refractivity (Wildman–Crippen MR) is 53.5 cm³/mol. The van der Waals surface area contributed by atoms with E-state index < -0.39 is 11.9 Å². The Bertz CT molecular complexity index is 509. The molecule has 0 unspecified atom stereocenters. The van der Waals surface area contributed by atoms with Crippen LogP contribution < -0.4 is 0 Å². The van der Waals surface area contributed by atoms with Crippen molar-refractivity contribution in [2.45, 2.75) is 0 Å². The molecule has 0 saturated carbocycles. The summed E-state index contributed by atoms with van der Waals surface area (Å²) in [4.78, 5) is 17.3. The van der Waals surface area contributed by atoms with E-state index in [1.807, 2.05) is 0 Å². The molecule has 2 rings (SSSR count). The van der Waals surface area contributed by atoms with Crippen molar-refractivity contribution in [3.05, 3.63) is 41.4 Å². The van der Waals surface area contributed by atoms with Gasteiger partial charge in [0, 0.05) is 15.1 Å². The zero-order chi connectivity index (χ0) is 11.5. The number of hydrogen-bond acceptors (Lipinski definition) is 4. The Kier molecular flexibility index (Phi) is 2.87. The van der Waals surface area contributed by atoms with Crippen molar-refractivity contribution >= 4 is 17.6 Å². The van der Waals surface area contributed by atoms with Crippen molar-refractivity contribution in [2.75, 3.05) is 0 Å². The highest BCUT2D eigenvalue weighted by Gasteiger charge is 2.16. The van der Waals surface area contributed by atoms with Crippen LogP contribution in [0.5, 0.6) is 0 Å². The first-order valence-electron chi connectivity index (χ1n) is 4.25. The topological polar surface area (TPSA) is 52.3 Å². The summed E-state index contributed by atoms with van der Waals surface area (Å²) in [5.74, 6) is -1.37. The summed E-state index contributed by atoms with van der Waals surface area (Å²) in [5, 5.41) is 0.576. The number of carbonyl (C=O) groups excluding carboxylic acids is 1. The lowest BCUT2D eigenvalue weighted by Crippen LogP contribution is -1.97. The van der Waals surface area contributed by atoms with Crippen molar-refractivity contribution in [1.29, 1.82) is 0 Å². The van der Waals surface area contributed by atoms with Crippen LogP contribution in [-0.2, 0) is 4.94 Å². The van der Waals surface area contributed by atoms with Crippen LogP contribution >= 0.6 is 11.6 Å². The number of nitrogens with zero attached hydrogens (tertiary/aromatic N) is 1. The van der Waals surface area contributed by atoms with E-state index in [4.69, 9.17) is 16.0 Å². The maximum Gasteiger partial charge on any atom is 0.434 e. The van der Waals surface area contributed by atoms with Gasteiger partial charge in [0.2, 0.25) is 0 Å². The average molecular weight is 242 g/mol. The third-order valence-corrected chi connectivity index (χ3v) is 2.13. The predicted octanol–water partition coefficient (Wildman–Crippen LogP) is 3.04. The molecule has 0 N–H and O–H groups in total. The molecule has 0 fully saturated rings. The molecular weight excluding hydrogens is 237 g/mol. The Labute approximate surface area is 94.5 Å². The lowest BCUT2D eigenvalue weighted by atomic mass is 10.2. The molecule has 2 aromatic rings. The van der Waals surface area contributed by atoms with Gasteiger partial charge in [-0.25, -0.2) is 14.7 Å². The quantitative estimate of drug-likeness (QED) is 0.811. The summed E-state index contributed by atoms with van der Waals surface area (Å²) >= 11 is 5.71. The standard InChI is InChI=1S/C10H5ClFNO3/c11-7-3-1-6(2-4-7)8-5-13-9(15-8)10(14)16-12/h1-5H. The Morgan fingerprint density at radius 2 is 2.06 bits per heavy atom. The molecule has 0 amide bonds. The van der Waals surface area contributed by atoms with Crippen LogP contribution in [0.2, 0.25) is 5.02 Å². The first kappa shape index (κ1) is 10.6. The molecule has 1 aromatic carbocycles. The van der Waals surface area contributed by atoms with Crippen LogP contribution in [0.25, 0.3) is 11.3 Å². The molecule has 0 spiro atoms. The van der Waals surface area contributed by atoms with Crippen molar-refractivity contribution in [2.24, 2.45) is 0 Å². The van der Waals surface area contributed by atoms with E-state index in [1.165, 1.54) is 6.20 Å². The molecule has 1 heterocycles. The van der Waals surface area contributed by atoms with Gasteiger partial charge in [0.1, 0.15) is 0 Å². The van der Waals surface area contributed by atoms with Crippen LogP contribution in [0.3, 0.4) is 0 Å². The fraction of sp³-hybridized carbons (Fsp3) is 0. The molecule has 0 aliphatic carbocycles. The smallest absolute Gasteiger partial charge is 0.431 e. The maximum atomic E-state index is 11.6. The van der Waals surface area contributed by atoms with Gasteiger partial charge in [0.05, 0.1) is 6.20 Å². The van der Waals surface area contributed by atoms with Crippen molar-refractivity contribution in [3.8, 4) is 11.3 Å². The van der Waals surface area contributed by atoms with E-state index in [2.05, 4.69) is 9.93 Å². The monoisotopic (exact) mass is 241 g/mol. The zero-order valence-electron chi connectivity index (χ0n) is 7.81. The van der Waals surface area contributed by atoms with Crippen molar-refractivity contribution in [3.63, 3.8) is 0 Å². The van der Waals surface area contributed by atoms with Crippen molar-refractivity contribution in [1.82, 2.24) is 4.98 Å². The number of benzene rings is 1. The second kappa shape index (κ2) is 4.32. The van der Waals surface area contributed by atoms with E-state index in [0.717, 1.165) is 0 Å². The van der Waals surface area contributed by atoms with Gasteiger partial charge < -0.3 is 4.42 Å². The molecule has 82 valence electrons. The normalized spacial score (nSPS) is 10.1. The number of carbonyl (C=O) groups is 1. The van der Waals surface area contributed by atoms with E-state index in [-0.39, 0.29) is 0 Å². The minimum Gasteiger partial charge on any atom is -0.431 e. The molecule has 16 heavy (non-hydrogen) atoms. The average Bonchev–Trinajstić information content (AvgIpc) is 2.78. The Balaban J connectivity index is 2.31. The molecule has 0 radical (unpaired) electrons. The molecule has 0 bridgehead atoms. The van der Waals surface area contributed by atoms with Crippen LogP contribution in [-0.4, -0.2) is 11.0 Å². The molecule has 6 heteroatoms. The maximum absolute atomic E-state index is 11.6. The number of halogens is 2. The molecule has 0 aliphatic heterocycles. The lowest BCUT2D eigenvalue weighted by Gasteiger charge is -1.95. The fourth-order valence-corrected chi connectivity index (χ4v) is 1.28. The highest BCUT2D eigenvalue weighted by molar-refractivity contribution is 6.30. The van der Waals surface area contributed by atoms with Gasteiger partial charge in [-0.3, -0.25) is 0 Å². The second-order valence-electron chi connectivity index (χ2n) is 2.90. The van der Waals surface area contributed by atoms with Crippen LogP contribution in [0.15, 0.2) is 34.9 Å². The van der Waals surface area contributed by atoms with Crippen LogP contribution in [0.1, 0.15) is 10.7 Å². The van der Waals surface area contributed by atoms with Gasteiger partial charge in [0.15, 0.2) is 5.76 Å². The second-order valence-corrected chi connectivity index (χ2v) is 3.34. The molecule has 1 aromatic heterocycles. The van der Waals surface area contributed by atoms with Gasteiger partial charge in [-0.1, -0.05) is 11.6 Å². The van der Waals surface area contributed by atoms with Crippen LogP contribution in [0, 0.1) is 0 Å². The van der Waals surface area contributed by atoms with Gasteiger partial charge >= 0.3 is 11.9 Å². The van der Waals surface area contributed by atoms with Gasteiger partial charge in [0.25, 0.3) is 0 Å². The van der Waals surface area contributed by atoms with E-state index in [9.17, 15) is 9.32 Å². The van der Waals surface area contributed by atoms with Gasteiger partial charge in [-0.15, -0.1) is 0 Å². The van der Waals surface area contributed by atoms with E-state index in [1.54, 1.807) is 24.3 Å². The number of rotatable bonds is 2. The molecular formula is C10H5ClFNO3. The van der Waals surface area contributed by atoms with E-state index in [0.29, 0.717) is 16.3 Å². The summed E-state index contributed by atoms with van der Waals surface area (Å²) in [5.41, 5.74) is 0.676. The summed E-state index contributed by atoms with van der Waals surface area (Å²) in [6, 6.07) is 6.69. The van der Waals surface area contributed by atoms with Gasteiger partial charge in [-0.05, 0) is 24.3 Å². The minimum absolute atomic E-state index is 0.331. The highest BCUT2D eigenvalue weighted by atomic mass is 35.5. The number of aromatic nitrogens is 1. The van der Waals surface area contributed by atoms with Crippen molar-refractivity contribution < 1.29 is 18.7 Å². The highest BCUT2D eigenvalue weighted by Crippen LogP contribution is 2.22. The minimum atomic E-state index is -1.26. The summed E-state index contributed by atoms with van der Waals surface area (Å²) in [6.45, 7) is 0. The number of oxazole rings is 1. The molecule has 0 aliphatic rings.